The second-order valence-electron chi connectivity index (χ2n) is 7.46. The number of anilines is 2. The Bertz CT molecular complexity index is 983. The molecule has 2 aromatic rings. The van der Waals surface area contributed by atoms with E-state index < -0.39 is 10.0 Å². The Morgan fingerprint density at radius 1 is 1.04 bits per heavy atom. The van der Waals surface area contributed by atoms with Crippen LogP contribution >= 0.6 is 0 Å². The average Bonchev–Trinajstić information content (AvgIpc) is 3.11. The molecule has 0 radical (unpaired) electrons. The summed E-state index contributed by atoms with van der Waals surface area (Å²) in [5.41, 5.74) is 2.67. The molecule has 0 bridgehead atoms. The summed E-state index contributed by atoms with van der Waals surface area (Å²) in [4.78, 5) is 14.4. The summed E-state index contributed by atoms with van der Waals surface area (Å²) in [7, 11) is -3.40. The lowest BCUT2D eigenvalue weighted by Gasteiger charge is -2.23. The predicted octanol–water partition coefficient (Wildman–Crippen LogP) is 4.10. The third-order valence-corrected chi connectivity index (χ3v) is 7.43. The molecule has 1 heterocycles. The number of halogens is 1. The SMILES string of the molecule is O=C(c1ccc(F)cc1)N1CCc2cc(NS(=O)(=O)C3CCCCC3)ccc21. The molecule has 4 rings (SSSR count). The number of carbonyl (C=O) groups is 1. The first-order valence-corrected chi connectivity index (χ1v) is 11.2. The molecule has 1 fully saturated rings. The maximum Gasteiger partial charge on any atom is 0.258 e. The minimum absolute atomic E-state index is 0.186. The lowest BCUT2D eigenvalue weighted by Crippen LogP contribution is -2.30. The molecule has 0 atom stereocenters. The van der Waals surface area contributed by atoms with Crippen molar-refractivity contribution in [3.8, 4) is 0 Å². The number of sulfonamides is 1. The van der Waals surface area contributed by atoms with Gasteiger partial charge in [-0.3, -0.25) is 9.52 Å². The Morgan fingerprint density at radius 3 is 2.46 bits per heavy atom. The summed E-state index contributed by atoms with van der Waals surface area (Å²) in [6.45, 7) is 0.518. The van der Waals surface area contributed by atoms with Crippen molar-refractivity contribution in [3.05, 3.63) is 59.4 Å². The van der Waals surface area contributed by atoms with Crippen LogP contribution in [0.2, 0.25) is 0 Å². The van der Waals surface area contributed by atoms with E-state index in [4.69, 9.17) is 0 Å². The zero-order valence-electron chi connectivity index (χ0n) is 15.5. The summed E-state index contributed by atoms with van der Waals surface area (Å²) in [6.07, 6.45) is 5.08. The van der Waals surface area contributed by atoms with E-state index in [2.05, 4.69) is 4.72 Å². The lowest BCUT2D eigenvalue weighted by molar-refractivity contribution is 0.0989. The highest BCUT2D eigenvalue weighted by molar-refractivity contribution is 7.93. The monoisotopic (exact) mass is 402 g/mol. The van der Waals surface area contributed by atoms with Gasteiger partial charge in [-0.05, 0) is 67.3 Å². The fourth-order valence-corrected chi connectivity index (χ4v) is 5.62. The molecule has 148 valence electrons. The minimum atomic E-state index is -3.40. The molecular formula is C21H23FN2O3S. The highest BCUT2D eigenvalue weighted by Crippen LogP contribution is 2.33. The number of hydrogen-bond donors (Lipinski definition) is 1. The maximum absolute atomic E-state index is 13.1. The molecule has 1 aliphatic carbocycles. The van der Waals surface area contributed by atoms with Crippen LogP contribution in [0.5, 0.6) is 0 Å². The minimum Gasteiger partial charge on any atom is -0.308 e. The Morgan fingerprint density at radius 2 is 1.75 bits per heavy atom. The average molecular weight is 402 g/mol. The van der Waals surface area contributed by atoms with Gasteiger partial charge in [-0.2, -0.15) is 0 Å². The van der Waals surface area contributed by atoms with E-state index in [0.717, 1.165) is 30.5 Å². The van der Waals surface area contributed by atoms with E-state index in [1.165, 1.54) is 24.3 Å². The molecule has 2 aromatic carbocycles. The molecule has 5 nitrogen and oxygen atoms in total. The van der Waals surface area contributed by atoms with Crippen molar-refractivity contribution in [1.82, 2.24) is 0 Å². The smallest absolute Gasteiger partial charge is 0.258 e. The van der Waals surface area contributed by atoms with Crippen molar-refractivity contribution in [2.45, 2.75) is 43.8 Å². The fraction of sp³-hybridized carbons (Fsp3) is 0.381. The highest BCUT2D eigenvalue weighted by Gasteiger charge is 2.29. The van der Waals surface area contributed by atoms with Crippen LogP contribution in [-0.2, 0) is 16.4 Å². The number of nitrogens with one attached hydrogen (secondary N) is 1. The van der Waals surface area contributed by atoms with E-state index in [9.17, 15) is 17.6 Å². The van der Waals surface area contributed by atoms with Crippen LogP contribution in [0.3, 0.4) is 0 Å². The molecule has 1 amide bonds. The Kier molecular flexibility index (Phi) is 5.10. The van der Waals surface area contributed by atoms with E-state index in [1.54, 1.807) is 17.0 Å². The molecule has 0 aromatic heterocycles. The van der Waals surface area contributed by atoms with Gasteiger partial charge >= 0.3 is 0 Å². The van der Waals surface area contributed by atoms with Gasteiger partial charge in [0.25, 0.3) is 5.91 Å². The molecule has 1 aliphatic heterocycles. The van der Waals surface area contributed by atoms with Gasteiger partial charge in [0.15, 0.2) is 0 Å². The number of benzene rings is 2. The number of hydrogen-bond acceptors (Lipinski definition) is 3. The van der Waals surface area contributed by atoms with Crippen LogP contribution in [0.25, 0.3) is 0 Å². The largest absolute Gasteiger partial charge is 0.308 e. The molecule has 1 N–H and O–H groups in total. The topological polar surface area (TPSA) is 66.5 Å². The number of rotatable bonds is 4. The van der Waals surface area contributed by atoms with Gasteiger partial charge in [-0.25, -0.2) is 12.8 Å². The first kappa shape index (κ1) is 18.9. The first-order valence-electron chi connectivity index (χ1n) is 9.66. The van der Waals surface area contributed by atoms with Gasteiger partial charge in [0.05, 0.1) is 5.25 Å². The maximum atomic E-state index is 13.1. The molecule has 0 saturated heterocycles. The van der Waals surface area contributed by atoms with Gasteiger partial charge in [0.2, 0.25) is 10.0 Å². The van der Waals surface area contributed by atoms with Gasteiger partial charge < -0.3 is 4.90 Å². The fourth-order valence-electron chi connectivity index (χ4n) is 4.05. The zero-order chi connectivity index (χ0) is 19.7. The molecule has 2 aliphatic rings. The van der Waals surface area contributed by atoms with Crippen LogP contribution < -0.4 is 9.62 Å². The van der Waals surface area contributed by atoms with Crippen molar-refractivity contribution in [2.24, 2.45) is 0 Å². The van der Waals surface area contributed by atoms with Gasteiger partial charge in [-0.1, -0.05) is 19.3 Å². The summed E-state index contributed by atoms with van der Waals surface area (Å²) in [6, 6.07) is 10.8. The second-order valence-corrected chi connectivity index (χ2v) is 9.43. The molecule has 1 saturated carbocycles. The lowest BCUT2D eigenvalue weighted by atomic mass is 10.0. The van der Waals surface area contributed by atoms with E-state index >= 15 is 0 Å². The standard InChI is InChI=1S/C21H23FN2O3S/c22-17-8-6-15(7-9-17)21(25)24-13-12-16-14-18(10-11-20(16)24)23-28(26,27)19-4-2-1-3-5-19/h6-11,14,19,23H,1-5,12-13H2. The summed E-state index contributed by atoms with van der Waals surface area (Å²) in [5.74, 6) is -0.567. The Balaban J connectivity index is 1.52. The summed E-state index contributed by atoms with van der Waals surface area (Å²) >= 11 is 0. The quantitative estimate of drug-likeness (QED) is 0.837. The van der Waals surface area contributed by atoms with Gasteiger partial charge in [0, 0.05) is 23.5 Å². The van der Waals surface area contributed by atoms with Crippen LogP contribution in [-0.4, -0.2) is 26.1 Å². The third-order valence-electron chi connectivity index (χ3n) is 5.56. The predicted molar refractivity (Wildman–Crippen MR) is 108 cm³/mol. The normalized spacial score (nSPS) is 17.4. The van der Waals surface area contributed by atoms with Crippen LogP contribution in [0.4, 0.5) is 15.8 Å². The van der Waals surface area contributed by atoms with Crippen molar-refractivity contribution in [2.75, 3.05) is 16.2 Å². The molecule has 28 heavy (non-hydrogen) atoms. The zero-order valence-corrected chi connectivity index (χ0v) is 16.3. The number of nitrogens with zero attached hydrogens (tertiary/aromatic N) is 1. The first-order chi connectivity index (χ1) is 13.4. The summed E-state index contributed by atoms with van der Waals surface area (Å²) in [5, 5.41) is -0.328. The van der Waals surface area contributed by atoms with Crippen molar-refractivity contribution in [3.63, 3.8) is 0 Å². The van der Waals surface area contributed by atoms with Gasteiger partial charge in [0.1, 0.15) is 5.82 Å². The second kappa shape index (κ2) is 7.54. The van der Waals surface area contributed by atoms with E-state index in [0.29, 0.717) is 37.1 Å². The Hall–Kier alpha value is -2.41. The number of carbonyl (C=O) groups excluding carboxylic acids is 1. The van der Waals surface area contributed by atoms with E-state index in [-0.39, 0.29) is 17.0 Å². The molecule has 0 spiro atoms. The van der Waals surface area contributed by atoms with Crippen LogP contribution in [0, 0.1) is 5.82 Å². The van der Waals surface area contributed by atoms with Crippen molar-refractivity contribution >= 4 is 27.3 Å². The molecular weight excluding hydrogens is 379 g/mol. The van der Waals surface area contributed by atoms with Crippen LogP contribution in [0.15, 0.2) is 42.5 Å². The van der Waals surface area contributed by atoms with Crippen molar-refractivity contribution in [1.29, 1.82) is 0 Å². The van der Waals surface area contributed by atoms with Crippen LogP contribution in [0.1, 0.15) is 48.0 Å². The molecule has 0 unspecified atom stereocenters. The summed E-state index contributed by atoms with van der Waals surface area (Å²) < 4.78 is 41.1. The Labute approximate surface area is 164 Å². The highest BCUT2D eigenvalue weighted by atomic mass is 32.2. The number of amides is 1. The van der Waals surface area contributed by atoms with Gasteiger partial charge in [-0.15, -0.1) is 0 Å². The van der Waals surface area contributed by atoms with E-state index in [1.807, 2.05) is 6.07 Å². The third kappa shape index (κ3) is 3.76. The number of fused-ring (bicyclic) bond motifs is 1. The van der Waals surface area contributed by atoms with Crippen molar-refractivity contribution < 1.29 is 17.6 Å². The molecule has 7 heteroatoms.